The summed E-state index contributed by atoms with van der Waals surface area (Å²) in [5.41, 5.74) is 0. The van der Waals surface area contributed by atoms with Crippen LogP contribution in [0.4, 0.5) is 8.78 Å². The van der Waals surface area contributed by atoms with E-state index in [-0.39, 0.29) is 5.92 Å². The van der Waals surface area contributed by atoms with Crippen LogP contribution in [0.25, 0.3) is 0 Å². The average Bonchev–Trinajstić information content (AvgIpc) is 2.11. The molecule has 2 aliphatic rings. The molecule has 1 N–H and O–H groups in total. The van der Waals surface area contributed by atoms with Gasteiger partial charge in [0.05, 0.1) is 0 Å². The van der Waals surface area contributed by atoms with Crippen LogP contribution in [-0.2, 0) is 0 Å². The highest BCUT2D eigenvalue weighted by molar-refractivity contribution is 4.96. The minimum Gasteiger partial charge on any atom is -0.316 e. The van der Waals surface area contributed by atoms with E-state index in [1.54, 1.807) is 0 Å². The minimum absolute atomic E-state index is 0.292. The molecule has 0 aromatic carbocycles. The maximum Gasteiger partial charge on any atom is 0.241 e. The third-order valence-corrected chi connectivity index (χ3v) is 2.84. The third-order valence-electron chi connectivity index (χ3n) is 2.84. The van der Waals surface area contributed by atoms with E-state index in [1.165, 1.54) is 0 Å². The second-order valence-electron chi connectivity index (χ2n) is 3.32. The molecule has 58 valence electrons. The van der Waals surface area contributed by atoms with Crippen molar-refractivity contribution in [2.75, 3.05) is 13.1 Å². The van der Waals surface area contributed by atoms with Crippen molar-refractivity contribution >= 4 is 0 Å². The summed E-state index contributed by atoms with van der Waals surface area (Å²) >= 11 is 0. The van der Waals surface area contributed by atoms with Gasteiger partial charge in [0.25, 0.3) is 0 Å². The summed E-state index contributed by atoms with van der Waals surface area (Å²) < 4.78 is 24.2. The lowest BCUT2D eigenvalue weighted by Gasteiger charge is -2.38. The number of hydrogen-bond acceptors (Lipinski definition) is 1. The fourth-order valence-electron chi connectivity index (χ4n) is 2.13. The molecule has 3 unspecified atom stereocenters. The minimum atomic E-state index is -2.08. The van der Waals surface area contributed by atoms with Gasteiger partial charge in [0.15, 0.2) is 0 Å². The summed E-state index contributed by atoms with van der Waals surface area (Å²) in [6, 6.07) is 0. The molecular weight excluding hydrogens is 136 g/mol. The van der Waals surface area contributed by atoms with Gasteiger partial charge in [-0.25, -0.2) is 8.78 Å². The Morgan fingerprint density at radius 1 is 1.30 bits per heavy atom. The standard InChI is InChI=1S/C7H11F2N/c8-7(9)5-1-4-2-10-3-6(4)5/h4-7,10H,1-3H2. The van der Waals surface area contributed by atoms with Gasteiger partial charge in [-0.15, -0.1) is 0 Å². The summed E-state index contributed by atoms with van der Waals surface area (Å²) in [7, 11) is 0. The molecule has 2 fully saturated rings. The van der Waals surface area contributed by atoms with Gasteiger partial charge in [-0.1, -0.05) is 0 Å². The van der Waals surface area contributed by atoms with Crippen molar-refractivity contribution in [1.29, 1.82) is 0 Å². The molecule has 0 amide bonds. The van der Waals surface area contributed by atoms with Crippen molar-refractivity contribution in [3.63, 3.8) is 0 Å². The first-order valence-corrected chi connectivity index (χ1v) is 3.78. The Morgan fingerprint density at radius 3 is 2.70 bits per heavy atom. The Labute approximate surface area is 58.8 Å². The average molecular weight is 147 g/mol. The van der Waals surface area contributed by atoms with Crippen molar-refractivity contribution in [3.8, 4) is 0 Å². The normalized spacial score (nSPS) is 45.3. The van der Waals surface area contributed by atoms with Gasteiger partial charge in [0.1, 0.15) is 0 Å². The van der Waals surface area contributed by atoms with Crippen LogP contribution in [0, 0.1) is 17.8 Å². The van der Waals surface area contributed by atoms with E-state index in [9.17, 15) is 8.78 Å². The number of nitrogens with one attached hydrogen (secondary N) is 1. The molecule has 3 atom stereocenters. The molecule has 1 saturated heterocycles. The van der Waals surface area contributed by atoms with Crippen LogP contribution in [0.5, 0.6) is 0 Å². The van der Waals surface area contributed by atoms with E-state index in [0.717, 1.165) is 19.5 Å². The summed E-state index contributed by atoms with van der Waals surface area (Å²) in [6.45, 7) is 1.79. The fourth-order valence-corrected chi connectivity index (χ4v) is 2.13. The Balaban J connectivity index is 1.94. The molecular formula is C7H11F2N. The molecule has 0 aromatic heterocycles. The molecule has 0 spiro atoms. The highest BCUT2D eigenvalue weighted by Crippen LogP contribution is 2.45. The molecule has 1 aliphatic heterocycles. The SMILES string of the molecule is FC(F)C1CC2CNCC21. The van der Waals surface area contributed by atoms with Crippen LogP contribution >= 0.6 is 0 Å². The van der Waals surface area contributed by atoms with Gasteiger partial charge in [0.2, 0.25) is 6.43 Å². The number of halogens is 2. The van der Waals surface area contributed by atoms with Crippen molar-refractivity contribution in [2.45, 2.75) is 12.8 Å². The molecule has 1 heterocycles. The van der Waals surface area contributed by atoms with E-state index in [1.807, 2.05) is 0 Å². The van der Waals surface area contributed by atoms with E-state index < -0.39 is 6.43 Å². The van der Waals surface area contributed by atoms with Crippen molar-refractivity contribution in [2.24, 2.45) is 17.8 Å². The first-order valence-electron chi connectivity index (χ1n) is 3.78. The maximum atomic E-state index is 12.1. The second kappa shape index (κ2) is 2.16. The van der Waals surface area contributed by atoms with Crippen molar-refractivity contribution in [1.82, 2.24) is 5.32 Å². The molecule has 0 radical (unpaired) electrons. The number of hydrogen-bond donors (Lipinski definition) is 1. The Bertz CT molecular complexity index is 138. The largest absolute Gasteiger partial charge is 0.316 e. The van der Waals surface area contributed by atoms with Crippen molar-refractivity contribution in [3.05, 3.63) is 0 Å². The van der Waals surface area contributed by atoms with E-state index in [0.29, 0.717) is 11.8 Å². The highest BCUT2D eigenvalue weighted by Gasteiger charge is 2.47. The van der Waals surface area contributed by atoms with Crippen LogP contribution in [0.2, 0.25) is 0 Å². The first-order chi connectivity index (χ1) is 4.79. The maximum absolute atomic E-state index is 12.1. The summed E-state index contributed by atoms with van der Waals surface area (Å²) in [4.78, 5) is 0. The molecule has 0 bridgehead atoms. The zero-order chi connectivity index (χ0) is 7.14. The Hall–Kier alpha value is -0.180. The molecule has 2 rings (SSSR count). The topological polar surface area (TPSA) is 12.0 Å². The third kappa shape index (κ3) is 0.764. The van der Waals surface area contributed by atoms with Gasteiger partial charge < -0.3 is 5.32 Å². The number of fused-ring (bicyclic) bond motifs is 1. The molecule has 10 heavy (non-hydrogen) atoms. The lowest BCUT2D eigenvalue weighted by Crippen LogP contribution is -2.39. The van der Waals surface area contributed by atoms with Gasteiger partial charge in [-0.2, -0.15) is 0 Å². The fraction of sp³-hybridized carbons (Fsp3) is 1.00. The van der Waals surface area contributed by atoms with Crippen LogP contribution in [0.15, 0.2) is 0 Å². The quantitative estimate of drug-likeness (QED) is 0.585. The van der Waals surface area contributed by atoms with E-state index in [4.69, 9.17) is 0 Å². The summed E-state index contributed by atoms with van der Waals surface area (Å²) in [5.74, 6) is 0.569. The van der Waals surface area contributed by atoms with Gasteiger partial charge in [0, 0.05) is 5.92 Å². The monoisotopic (exact) mass is 147 g/mol. The van der Waals surface area contributed by atoms with Gasteiger partial charge >= 0.3 is 0 Å². The van der Waals surface area contributed by atoms with Crippen LogP contribution in [-0.4, -0.2) is 19.5 Å². The Morgan fingerprint density at radius 2 is 2.10 bits per heavy atom. The van der Waals surface area contributed by atoms with E-state index in [2.05, 4.69) is 5.32 Å². The molecule has 0 aromatic rings. The van der Waals surface area contributed by atoms with Gasteiger partial charge in [-0.05, 0) is 31.3 Å². The zero-order valence-electron chi connectivity index (χ0n) is 5.69. The predicted octanol–water partition coefficient (Wildman–Crippen LogP) is 1.11. The van der Waals surface area contributed by atoms with Crippen LogP contribution in [0.1, 0.15) is 6.42 Å². The number of alkyl halides is 2. The van der Waals surface area contributed by atoms with Crippen LogP contribution < -0.4 is 5.32 Å². The highest BCUT2D eigenvalue weighted by atomic mass is 19.3. The van der Waals surface area contributed by atoms with Crippen molar-refractivity contribution < 1.29 is 8.78 Å². The lowest BCUT2D eigenvalue weighted by atomic mass is 9.67. The molecule has 1 aliphatic carbocycles. The summed E-state index contributed by atoms with van der Waals surface area (Å²) in [6.07, 6.45) is -1.34. The number of rotatable bonds is 1. The first kappa shape index (κ1) is 6.53. The smallest absolute Gasteiger partial charge is 0.241 e. The lowest BCUT2D eigenvalue weighted by molar-refractivity contribution is -0.0322. The van der Waals surface area contributed by atoms with Gasteiger partial charge in [-0.3, -0.25) is 0 Å². The van der Waals surface area contributed by atoms with E-state index >= 15 is 0 Å². The molecule has 1 saturated carbocycles. The predicted molar refractivity (Wildman–Crippen MR) is 34.0 cm³/mol. The molecule has 1 nitrogen and oxygen atoms in total. The zero-order valence-corrected chi connectivity index (χ0v) is 5.69. The molecule has 3 heteroatoms. The second-order valence-corrected chi connectivity index (χ2v) is 3.32. The Kier molecular flexibility index (Phi) is 1.41. The summed E-state index contributed by atoms with van der Waals surface area (Å²) in [5, 5.41) is 3.14. The van der Waals surface area contributed by atoms with Crippen LogP contribution in [0.3, 0.4) is 0 Å².